The van der Waals surface area contributed by atoms with Crippen LogP contribution in [0, 0.1) is 24.4 Å². The molecule has 2 nitrogen and oxygen atoms in total. The number of nitrogens with zero attached hydrogens (tertiary/aromatic N) is 2. The third-order valence-electron chi connectivity index (χ3n) is 4.03. The lowest BCUT2D eigenvalue weighted by Gasteiger charge is -2.19. The zero-order valence-corrected chi connectivity index (χ0v) is 12.8. The molecular formula is C18H17F3N2. The topological polar surface area (TPSA) is 15.6 Å². The van der Waals surface area contributed by atoms with Gasteiger partial charge in [-0.05, 0) is 55.2 Å². The van der Waals surface area contributed by atoms with Crippen LogP contribution in [0.3, 0.4) is 0 Å². The van der Waals surface area contributed by atoms with Gasteiger partial charge in [0, 0.05) is 25.4 Å². The van der Waals surface area contributed by atoms with Crippen LogP contribution in [0.15, 0.2) is 35.3 Å². The number of rotatable bonds is 3. The number of aliphatic imine (C=N–C) groups is 1. The highest BCUT2D eigenvalue weighted by Gasteiger charge is 2.17. The third-order valence-corrected chi connectivity index (χ3v) is 4.03. The second-order valence-electron chi connectivity index (χ2n) is 5.71. The fourth-order valence-corrected chi connectivity index (χ4v) is 2.75. The Labute approximate surface area is 133 Å². The molecule has 0 unspecified atom stereocenters. The van der Waals surface area contributed by atoms with Crippen LogP contribution in [0.25, 0.3) is 0 Å². The van der Waals surface area contributed by atoms with Gasteiger partial charge in [-0.2, -0.15) is 0 Å². The highest BCUT2D eigenvalue weighted by molar-refractivity contribution is 5.84. The number of hydrogen-bond donors (Lipinski definition) is 0. The summed E-state index contributed by atoms with van der Waals surface area (Å²) in [5.74, 6) is -1.70. The quantitative estimate of drug-likeness (QED) is 0.745. The Morgan fingerprint density at radius 2 is 1.74 bits per heavy atom. The minimum atomic E-state index is -0.743. The van der Waals surface area contributed by atoms with E-state index in [-0.39, 0.29) is 11.5 Å². The Bertz CT molecular complexity index is 750. The molecule has 1 heterocycles. The predicted octanol–water partition coefficient (Wildman–Crippen LogP) is 4.76. The largest absolute Gasteiger partial charge is 0.369 e. The molecule has 0 N–H and O–H groups in total. The molecule has 2 aromatic rings. The van der Waals surface area contributed by atoms with Crippen LogP contribution in [0.1, 0.15) is 24.0 Å². The summed E-state index contributed by atoms with van der Waals surface area (Å²) in [7, 11) is 0. The van der Waals surface area contributed by atoms with Crippen molar-refractivity contribution in [2.24, 2.45) is 4.99 Å². The summed E-state index contributed by atoms with van der Waals surface area (Å²) in [5, 5.41) is 0. The first kappa shape index (κ1) is 15.6. The molecule has 3 rings (SSSR count). The predicted molar refractivity (Wildman–Crippen MR) is 86.2 cm³/mol. The zero-order chi connectivity index (χ0) is 16.4. The average Bonchev–Trinajstić information content (AvgIpc) is 3.03. The molecule has 0 amide bonds. The van der Waals surface area contributed by atoms with Gasteiger partial charge in [-0.1, -0.05) is 0 Å². The van der Waals surface area contributed by atoms with Crippen LogP contribution in [-0.2, 0) is 0 Å². The molecule has 0 atom stereocenters. The Balaban J connectivity index is 1.88. The van der Waals surface area contributed by atoms with E-state index in [1.165, 1.54) is 18.3 Å². The minimum absolute atomic E-state index is 0.0230. The smallest absolute Gasteiger partial charge is 0.151 e. The molecule has 1 fully saturated rings. The zero-order valence-electron chi connectivity index (χ0n) is 12.8. The lowest BCUT2D eigenvalue weighted by atomic mass is 10.1. The van der Waals surface area contributed by atoms with E-state index in [1.54, 1.807) is 6.07 Å². The van der Waals surface area contributed by atoms with Gasteiger partial charge in [0.15, 0.2) is 5.82 Å². The standard InChI is InChI=1S/C18H17F3N2/c1-12-8-18(23-6-2-3-7-23)16(21)9-13(12)11-22-17-5-4-14(19)10-15(17)20/h4-5,8-11H,2-3,6-7H2,1H3. The number of anilines is 1. The van der Waals surface area contributed by atoms with Crippen LogP contribution >= 0.6 is 0 Å². The van der Waals surface area contributed by atoms with E-state index >= 15 is 0 Å². The van der Waals surface area contributed by atoms with Crippen molar-refractivity contribution < 1.29 is 13.2 Å². The van der Waals surface area contributed by atoms with Crippen molar-refractivity contribution in [1.82, 2.24) is 0 Å². The van der Waals surface area contributed by atoms with Gasteiger partial charge in [0.05, 0.1) is 11.4 Å². The maximum Gasteiger partial charge on any atom is 0.151 e. The molecule has 23 heavy (non-hydrogen) atoms. The van der Waals surface area contributed by atoms with Gasteiger partial charge in [0.25, 0.3) is 0 Å². The number of aryl methyl sites for hydroxylation is 1. The van der Waals surface area contributed by atoms with E-state index in [1.807, 2.05) is 11.8 Å². The van der Waals surface area contributed by atoms with Crippen molar-refractivity contribution in [2.75, 3.05) is 18.0 Å². The van der Waals surface area contributed by atoms with E-state index in [4.69, 9.17) is 0 Å². The van der Waals surface area contributed by atoms with Crippen molar-refractivity contribution in [3.05, 3.63) is 58.9 Å². The van der Waals surface area contributed by atoms with Crippen LogP contribution in [0.2, 0.25) is 0 Å². The first-order valence-electron chi connectivity index (χ1n) is 7.59. The van der Waals surface area contributed by atoms with Crippen LogP contribution < -0.4 is 4.90 Å². The molecule has 0 spiro atoms. The van der Waals surface area contributed by atoms with Crippen LogP contribution in [-0.4, -0.2) is 19.3 Å². The lowest BCUT2D eigenvalue weighted by molar-refractivity contribution is 0.585. The number of hydrogen-bond acceptors (Lipinski definition) is 2. The highest BCUT2D eigenvalue weighted by Crippen LogP contribution is 2.27. The second-order valence-corrected chi connectivity index (χ2v) is 5.71. The van der Waals surface area contributed by atoms with E-state index in [0.29, 0.717) is 11.3 Å². The summed E-state index contributed by atoms with van der Waals surface area (Å²) >= 11 is 0. The summed E-state index contributed by atoms with van der Waals surface area (Å²) in [6.07, 6.45) is 3.56. The van der Waals surface area contributed by atoms with Gasteiger partial charge in [-0.25, -0.2) is 13.2 Å². The Morgan fingerprint density at radius 1 is 1.00 bits per heavy atom. The maximum atomic E-state index is 14.3. The fourth-order valence-electron chi connectivity index (χ4n) is 2.75. The van der Waals surface area contributed by atoms with Crippen molar-refractivity contribution in [3.8, 4) is 0 Å². The molecule has 5 heteroatoms. The molecular weight excluding hydrogens is 301 g/mol. The normalized spacial score (nSPS) is 14.9. The van der Waals surface area contributed by atoms with Crippen molar-refractivity contribution >= 4 is 17.6 Å². The van der Waals surface area contributed by atoms with Crippen molar-refractivity contribution in [3.63, 3.8) is 0 Å². The summed E-state index contributed by atoms with van der Waals surface area (Å²) in [4.78, 5) is 6.03. The first-order valence-corrected chi connectivity index (χ1v) is 7.59. The molecule has 0 aromatic heterocycles. The van der Waals surface area contributed by atoms with Gasteiger partial charge in [0.2, 0.25) is 0 Å². The Hall–Kier alpha value is -2.30. The Kier molecular flexibility index (Phi) is 4.37. The molecule has 1 aliphatic rings. The van der Waals surface area contributed by atoms with Gasteiger partial charge in [0.1, 0.15) is 11.6 Å². The third kappa shape index (κ3) is 3.38. The molecule has 0 bridgehead atoms. The molecule has 0 radical (unpaired) electrons. The average molecular weight is 318 g/mol. The van der Waals surface area contributed by atoms with Crippen LogP contribution in [0.4, 0.5) is 24.5 Å². The van der Waals surface area contributed by atoms with Gasteiger partial charge in [-0.15, -0.1) is 0 Å². The molecule has 1 saturated heterocycles. The van der Waals surface area contributed by atoms with E-state index in [0.717, 1.165) is 43.6 Å². The SMILES string of the molecule is Cc1cc(N2CCCC2)c(F)cc1C=Nc1ccc(F)cc1F. The van der Waals surface area contributed by atoms with Gasteiger partial charge >= 0.3 is 0 Å². The number of benzene rings is 2. The molecule has 0 aliphatic carbocycles. The van der Waals surface area contributed by atoms with Crippen molar-refractivity contribution in [2.45, 2.75) is 19.8 Å². The van der Waals surface area contributed by atoms with Crippen molar-refractivity contribution in [1.29, 1.82) is 0 Å². The summed E-state index contributed by atoms with van der Waals surface area (Å²) < 4.78 is 40.8. The van der Waals surface area contributed by atoms with Gasteiger partial charge < -0.3 is 4.90 Å². The summed E-state index contributed by atoms with van der Waals surface area (Å²) in [5.41, 5.74) is 2.06. The minimum Gasteiger partial charge on any atom is -0.369 e. The van der Waals surface area contributed by atoms with Gasteiger partial charge in [-0.3, -0.25) is 4.99 Å². The second kappa shape index (κ2) is 6.44. The molecule has 0 saturated carbocycles. The summed E-state index contributed by atoms with van der Waals surface area (Å²) in [6, 6.07) is 6.37. The highest BCUT2D eigenvalue weighted by atomic mass is 19.1. The van der Waals surface area contributed by atoms with E-state index in [2.05, 4.69) is 4.99 Å². The van der Waals surface area contributed by atoms with E-state index < -0.39 is 11.6 Å². The monoisotopic (exact) mass is 318 g/mol. The molecule has 1 aliphatic heterocycles. The van der Waals surface area contributed by atoms with Crippen LogP contribution in [0.5, 0.6) is 0 Å². The Morgan fingerprint density at radius 3 is 2.43 bits per heavy atom. The molecule has 2 aromatic carbocycles. The fraction of sp³-hybridized carbons (Fsp3) is 0.278. The lowest BCUT2D eigenvalue weighted by Crippen LogP contribution is -2.19. The maximum absolute atomic E-state index is 14.3. The molecule has 120 valence electrons. The van der Waals surface area contributed by atoms with E-state index in [9.17, 15) is 13.2 Å². The first-order chi connectivity index (χ1) is 11.0. The summed E-state index contributed by atoms with van der Waals surface area (Å²) in [6.45, 7) is 3.59. The number of halogens is 3.